The molecule has 0 aliphatic carbocycles. The number of rotatable bonds is 2. The lowest BCUT2D eigenvalue weighted by Crippen LogP contribution is -2.34. The molecule has 0 amide bonds. The van der Waals surface area contributed by atoms with E-state index >= 15 is 0 Å². The minimum Gasteiger partial charge on any atom is -0.399 e. The largest absolute Gasteiger partial charge is 0.399 e. The van der Waals surface area contributed by atoms with Crippen molar-refractivity contribution < 1.29 is 4.84 Å². The molecule has 1 aliphatic rings. The molecule has 5 heteroatoms. The van der Waals surface area contributed by atoms with Crippen molar-refractivity contribution >= 4 is 11.5 Å². The molecule has 0 saturated carbocycles. The number of piperidine rings is 1. The predicted molar refractivity (Wildman–Crippen MR) is 57.9 cm³/mol. The summed E-state index contributed by atoms with van der Waals surface area (Å²) in [6.45, 7) is 1.86. The van der Waals surface area contributed by atoms with Gasteiger partial charge in [0.05, 0.1) is 5.71 Å². The van der Waals surface area contributed by atoms with Gasteiger partial charge in [-0.2, -0.15) is 5.10 Å². The summed E-state index contributed by atoms with van der Waals surface area (Å²) in [5.74, 6) is 0.939. The maximum absolute atomic E-state index is 4.76. The molecule has 0 atom stereocenters. The van der Waals surface area contributed by atoms with Crippen LogP contribution in [0.25, 0.3) is 0 Å². The topological polar surface area (TPSA) is 50.6 Å². The maximum atomic E-state index is 4.76. The second kappa shape index (κ2) is 4.72. The van der Waals surface area contributed by atoms with Crippen LogP contribution in [0.1, 0.15) is 12.8 Å². The number of nitrogens with zero attached hydrogens (tertiary/aromatic N) is 4. The average molecular weight is 206 g/mol. The zero-order valence-corrected chi connectivity index (χ0v) is 8.76. The van der Waals surface area contributed by atoms with Crippen LogP contribution in [0.2, 0.25) is 0 Å². The Kier molecular flexibility index (Phi) is 3.11. The third-order valence-corrected chi connectivity index (χ3v) is 2.44. The van der Waals surface area contributed by atoms with Crippen LogP contribution < -0.4 is 4.90 Å². The van der Waals surface area contributed by atoms with E-state index < -0.39 is 0 Å². The molecular formula is C10H14N4O. The Balaban J connectivity index is 1.97. The molecule has 0 radical (unpaired) electrons. The number of hydrogen-bond donors (Lipinski definition) is 0. The zero-order chi connectivity index (χ0) is 10.5. The fraction of sp³-hybridized carbons (Fsp3) is 0.500. The van der Waals surface area contributed by atoms with E-state index in [0.29, 0.717) is 0 Å². The number of hydrogen-bond acceptors (Lipinski definition) is 5. The van der Waals surface area contributed by atoms with Crippen LogP contribution >= 0.6 is 0 Å². The van der Waals surface area contributed by atoms with Gasteiger partial charge in [-0.1, -0.05) is 5.16 Å². The van der Waals surface area contributed by atoms with Crippen LogP contribution in [0.3, 0.4) is 0 Å². The van der Waals surface area contributed by atoms with Crippen LogP contribution in [-0.2, 0) is 4.84 Å². The van der Waals surface area contributed by atoms with Crippen molar-refractivity contribution in [3.05, 3.63) is 18.3 Å². The number of oxime groups is 1. The van der Waals surface area contributed by atoms with Gasteiger partial charge in [0.25, 0.3) is 0 Å². The molecule has 0 spiro atoms. The van der Waals surface area contributed by atoms with Crippen molar-refractivity contribution in [2.75, 3.05) is 25.1 Å². The van der Waals surface area contributed by atoms with Crippen LogP contribution in [0, 0.1) is 0 Å². The molecule has 2 heterocycles. The van der Waals surface area contributed by atoms with Gasteiger partial charge in [-0.15, -0.1) is 5.10 Å². The van der Waals surface area contributed by atoms with Crippen molar-refractivity contribution in [1.29, 1.82) is 0 Å². The third kappa shape index (κ3) is 2.43. The average Bonchev–Trinajstić information content (AvgIpc) is 2.32. The first kappa shape index (κ1) is 9.89. The van der Waals surface area contributed by atoms with Crippen molar-refractivity contribution in [1.82, 2.24) is 10.2 Å². The summed E-state index contributed by atoms with van der Waals surface area (Å²) in [4.78, 5) is 6.97. The molecule has 0 N–H and O–H groups in total. The second-order valence-corrected chi connectivity index (χ2v) is 3.41. The van der Waals surface area contributed by atoms with E-state index in [1.165, 1.54) is 0 Å². The standard InChI is InChI=1S/C10H14N4O/c1-15-13-9-4-7-14(8-5-9)10-3-2-6-11-12-10/h2-3,6H,4-5,7-8H2,1H3. The Morgan fingerprint density at radius 1 is 1.40 bits per heavy atom. The summed E-state index contributed by atoms with van der Waals surface area (Å²) in [6.07, 6.45) is 3.56. The number of aromatic nitrogens is 2. The highest BCUT2D eigenvalue weighted by atomic mass is 16.6. The Hall–Kier alpha value is -1.65. The van der Waals surface area contributed by atoms with Gasteiger partial charge in [0, 0.05) is 32.1 Å². The molecule has 1 aromatic heterocycles. The molecular weight excluding hydrogens is 192 g/mol. The smallest absolute Gasteiger partial charge is 0.151 e. The van der Waals surface area contributed by atoms with E-state index in [1.54, 1.807) is 13.3 Å². The van der Waals surface area contributed by atoms with Gasteiger partial charge in [0.1, 0.15) is 7.11 Å². The first-order chi connectivity index (χ1) is 7.40. The lowest BCUT2D eigenvalue weighted by Gasteiger charge is -2.27. The molecule has 0 bridgehead atoms. The summed E-state index contributed by atoms with van der Waals surface area (Å²) in [7, 11) is 1.59. The van der Waals surface area contributed by atoms with Gasteiger partial charge in [-0.05, 0) is 12.1 Å². The first-order valence-electron chi connectivity index (χ1n) is 5.01. The van der Waals surface area contributed by atoms with Gasteiger partial charge in [0.2, 0.25) is 0 Å². The SMILES string of the molecule is CON=C1CCN(c2cccnn2)CC1. The van der Waals surface area contributed by atoms with E-state index in [1.807, 2.05) is 12.1 Å². The van der Waals surface area contributed by atoms with Crippen LogP contribution in [0.5, 0.6) is 0 Å². The fourth-order valence-electron chi connectivity index (χ4n) is 1.68. The van der Waals surface area contributed by atoms with E-state index in [4.69, 9.17) is 4.84 Å². The minimum atomic E-state index is 0.931. The summed E-state index contributed by atoms with van der Waals surface area (Å²) in [6, 6.07) is 3.88. The van der Waals surface area contributed by atoms with Crippen molar-refractivity contribution in [3.8, 4) is 0 Å². The van der Waals surface area contributed by atoms with Gasteiger partial charge in [-0.3, -0.25) is 0 Å². The Morgan fingerprint density at radius 2 is 2.20 bits per heavy atom. The van der Waals surface area contributed by atoms with E-state index in [9.17, 15) is 0 Å². The van der Waals surface area contributed by atoms with Crippen LogP contribution in [0.4, 0.5) is 5.82 Å². The van der Waals surface area contributed by atoms with E-state index in [2.05, 4.69) is 20.3 Å². The van der Waals surface area contributed by atoms with E-state index in [0.717, 1.165) is 37.5 Å². The molecule has 0 aromatic carbocycles. The Labute approximate surface area is 88.7 Å². The molecule has 1 aliphatic heterocycles. The monoisotopic (exact) mass is 206 g/mol. The molecule has 1 saturated heterocycles. The summed E-state index contributed by atoms with van der Waals surface area (Å²) < 4.78 is 0. The van der Waals surface area contributed by atoms with Crippen molar-refractivity contribution in [2.45, 2.75) is 12.8 Å². The molecule has 5 nitrogen and oxygen atoms in total. The Bertz CT molecular complexity index is 329. The molecule has 2 rings (SSSR count). The Morgan fingerprint density at radius 3 is 2.80 bits per heavy atom. The predicted octanol–water partition coefficient (Wildman–Crippen LogP) is 1.08. The fourth-order valence-corrected chi connectivity index (χ4v) is 1.68. The molecule has 0 unspecified atom stereocenters. The third-order valence-electron chi connectivity index (χ3n) is 2.44. The summed E-state index contributed by atoms with van der Waals surface area (Å²) in [5.41, 5.74) is 1.12. The highest BCUT2D eigenvalue weighted by molar-refractivity contribution is 5.86. The maximum Gasteiger partial charge on any atom is 0.151 e. The number of anilines is 1. The highest BCUT2D eigenvalue weighted by Gasteiger charge is 2.16. The molecule has 15 heavy (non-hydrogen) atoms. The van der Waals surface area contributed by atoms with Crippen molar-refractivity contribution in [3.63, 3.8) is 0 Å². The normalized spacial score (nSPS) is 16.3. The van der Waals surface area contributed by atoms with Gasteiger partial charge in [0.15, 0.2) is 5.82 Å². The lowest BCUT2D eigenvalue weighted by molar-refractivity contribution is 0.211. The van der Waals surface area contributed by atoms with Gasteiger partial charge < -0.3 is 9.74 Å². The lowest BCUT2D eigenvalue weighted by atomic mass is 10.1. The van der Waals surface area contributed by atoms with Crippen LogP contribution in [0.15, 0.2) is 23.5 Å². The first-order valence-corrected chi connectivity index (χ1v) is 5.01. The van der Waals surface area contributed by atoms with Gasteiger partial charge in [-0.25, -0.2) is 0 Å². The molecule has 80 valence electrons. The molecule has 1 aromatic rings. The van der Waals surface area contributed by atoms with Crippen molar-refractivity contribution in [2.24, 2.45) is 5.16 Å². The van der Waals surface area contributed by atoms with Crippen LogP contribution in [-0.4, -0.2) is 36.1 Å². The summed E-state index contributed by atoms with van der Waals surface area (Å²) in [5, 5.41) is 11.9. The highest BCUT2D eigenvalue weighted by Crippen LogP contribution is 2.14. The summed E-state index contributed by atoms with van der Waals surface area (Å²) >= 11 is 0. The zero-order valence-electron chi connectivity index (χ0n) is 8.76. The van der Waals surface area contributed by atoms with Gasteiger partial charge >= 0.3 is 0 Å². The van der Waals surface area contributed by atoms with E-state index in [-0.39, 0.29) is 0 Å². The molecule has 1 fully saturated rings. The minimum absolute atomic E-state index is 0.931. The second-order valence-electron chi connectivity index (χ2n) is 3.41. The quantitative estimate of drug-likeness (QED) is 0.679.